The van der Waals surface area contributed by atoms with Crippen LogP contribution in [0, 0.1) is 5.82 Å². The van der Waals surface area contributed by atoms with Gasteiger partial charge in [-0.2, -0.15) is 0 Å². The highest BCUT2D eigenvalue weighted by molar-refractivity contribution is 6.03. The summed E-state index contributed by atoms with van der Waals surface area (Å²) in [5, 5.41) is 22.2. The first-order valence-corrected chi connectivity index (χ1v) is 11.4. The van der Waals surface area contributed by atoms with Gasteiger partial charge in [0.2, 0.25) is 0 Å². The maximum absolute atomic E-state index is 13.8. The van der Waals surface area contributed by atoms with Gasteiger partial charge in [0, 0.05) is 30.0 Å². The standard InChI is InChI=1S/C28H25FN2O4/c1-3-28(34,16-35-2)26-25(17-4-6-18(7-5-17)27(32)33)23-12-19-14-30-15-20(19)13-24(23)31(26)22-10-8-21(29)9-11-22/h4-13,15,34H,3,14,16H2,1-2H3,(H,32,33). The Kier molecular flexibility index (Phi) is 5.75. The van der Waals surface area contributed by atoms with Crippen molar-refractivity contribution in [1.29, 1.82) is 0 Å². The van der Waals surface area contributed by atoms with E-state index in [1.165, 1.54) is 19.2 Å². The molecule has 6 nitrogen and oxygen atoms in total. The van der Waals surface area contributed by atoms with Crippen molar-refractivity contribution < 1.29 is 24.1 Å². The van der Waals surface area contributed by atoms with E-state index < -0.39 is 11.6 Å². The minimum Gasteiger partial charge on any atom is -0.478 e. The van der Waals surface area contributed by atoms with E-state index in [2.05, 4.69) is 11.1 Å². The lowest BCUT2D eigenvalue weighted by molar-refractivity contribution is -0.0422. The number of carboxylic acid groups (broad SMARTS) is 1. The lowest BCUT2D eigenvalue weighted by Crippen LogP contribution is -2.33. The number of aliphatic hydroxyl groups is 1. The van der Waals surface area contributed by atoms with Gasteiger partial charge in [0.05, 0.1) is 29.9 Å². The van der Waals surface area contributed by atoms with Gasteiger partial charge in [-0.1, -0.05) is 19.1 Å². The molecular formula is C28H25FN2O4. The number of hydrogen-bond acceptors (Lipinski definition) is 4. The summed E-state index contributed by atoms with van der Waals surface area (Å²) in [5.41, 5.74) is 4.52. The molecule has 0 radical (unpaired) electrons. The topological polar surface area (TPSA) is 84.0 Å². The van der Waals surface area contributed by atoms with Gasteiger partial charge in [-0.3, -0.25) is 4.99 Å². The molecule has 5 rings (SSSR count). The second-order valence-corrected chi connectivity index (χ2v) is 8.77. The van der Waals surface area contributed by atoms with E-state index in [-0.39, 0.29) is 18.0 Å². The van der Waals surface area contributed by atoms with Crippen LogP contribution in [0.4, 0.5) is 4.39 Å². The van der Waals surface area contributed by atoms with Crippen molar-refractivity contribution >= 4 is 23.1 Å². The summed E-state index contributed by atoms with van der Waals surface area (Å²) < 4.78 is 21.3. The van der Waals surface area contributed by atoms with Crippen molar-refractivity contribution in [3.63, 3.8) is 0 Å². The predicted octanol–water partition coefficient (Wildman–Crippen LogP) is 5.31. The van der Waals surface area contributed by atoms with Crippen molar-refractivity contribution in [2.24, 2.45) is 4.99 Å². The van der Waals surface area contributed by atoms with E-state index in [9.17, 15) is 19.4 Å². The summed E-state index contributed by atoms with van der Waals surface area (Å²) in [6.45, 7) is 2.49. The zero-order chi connectivity index (χ0) is 24.7. The number of fused-ring (bicyclic) bond motifs is 2. The van der Waals surface area contributed by atoms with Crippen LogP contribution in [0.3, 0.4) is 0 Å². The molecule has 7 heteroatoms. The highest BCUT2D eigenvalue weighted by Crippen LogP contribution is 2.44. The van der Waals surface area contributed by atoms with E-state index in [0.717, 1.165) is 33.2 Å². The Labute approximate surface area is 201 Å². The van der Waals surface area contributed by atoms with Gasteiger partial charge in [0.25, 0.3) is 0 Å². The fourth-order valence-corrected chi connectivity index (χ4v) is 4.84. The number of aromatic nitrogens is 1. The predicted molar refractivity (Wildman–Crippen MR) is 133 cm³/mol. The highest BCUT2D eigenvalue weighted by Gasteiger charge is 2.37. The molecule has 2 N–H and O–H groups in total. The third-order valence-electron chi connectivity index (χ3n) is 6.63. The van der Waals surface area contributed by atoms with E-state index in [4.69, 9.17) is 4.74 Å². The Morgan fingerprint density at radius 3 is 2.49 bits per heavy atom. The van der Waals surface area contributed by atoms with Crippen molar-refractivity contribution in [2.75, 3.05) is 13.7 Å². The van der Waals surface area contributed by atoms with E-state index in [0.29, 0.717) is 24.3 Å². The molecule has 1 aliphatic heterocycles. The van der Waals surface area contributed by atoms with Gasteiger partial charge >= 0.3 is 5.97 Å². The van der Waals surface area contributed by atoms with Gasteiger partial charge in [-0.25, -0.2) is 9.18 Å². The van der Waals surface area contributed by atoms with E-state index in [1.54, 1.807) is 36.4 Å². The Hall–Kier alpha value is -3.81. The van der Waals surface area contributed by atoms with Gasteiger partial charge < -0.3 is 19.5 Å². The Morgan fingerprint density at radius 1 is 1.14 bits per heavy atom. The molecule has 0 bridgehead atoms. The third-order valence-corrected chi connectivity index (χ3v) is 6.63. The molecular weight excluding hydrogens is 447 g/mol. The first kappa shape index (κ1) is 23.0. The fraction of sp³-hybridized carbons (Fsp3) is 0.214. The number of halogens is 1. The first-order chi connectivity index (χ1) is 16.9. The molecule has 0 spiro atoms. The summed E-state index contributed by atoms with van der Waals surface area (Å²) in [7, 11) is 1.54. The Balaban J connectivity index is 1.92. The number of aromatic carboxylic acids is 1. The van der Waals surface area contributed by atoms with Crippen LogP contribution < -0.4 is 0 Å². The molecule has 2 heterocycles. The number of nitrogens with zero attached hydrogens (tertiary/aromatic N) is 2. The lowest BCUT2D eigenvalue weighted by atomic mass is 9.89. The zero-order valence-electron chi connectivity index (χ0n) is 19.5. The highest BCUT2D eigenvalue weighted by atomic mass is 19.1. The van der Waals surface area contributed by atoms with Crippen molar-refractivity contribution in [2.45, 2.75) is 25.5 Å². The summed E-state index contributed by atoms with van der Waals surface area (Å²) >= 11 is 0. The molecule has 0 amide bonds. The van der Waals surface area contributed by atoms with Crippen LogP contribution in [-0.2, 0) is 16.9 Å². The number of benzene rings is 3. The SMILES string of the molecule is CCC(O)(COC)c1c(-c2ccc(C(=O)O)cc2)c2cc3c(cc2n1-c1ccc(F)cc1)C=NC3. The number of methoxy groups -OCH3 is 1. The van der Waals surface area contributed by atoms with Crippen LogP contribution in [0.2, 0.25) is 0 Å². The summed E-state index contributed by atoms with van der Waals surface area (Å²) in [6, 6.07) is 16.9. The molecule has 1 aromatic heterocycles. The molecule has 0 fully saturated rings. The maximum Gasteiger partial charge on any atom is 0.335 e. The van der Waals surface area contributed by atoms with Crippen molar-refractivity contribution in [1.82, 2.24) is 4.57 Å². The van der Waals surface area contributed by atoms with Crippen LogP contribution in [0.5, 0.6) is 0 Å². The van der Waals surface area contributed by atoms with Crippen molar-refractivity contribution in [3.05, 3.63) is 88.9 Å². The van der Waals surface area contributed by atoms with Crippen LogP contribution in [-0.4, -0.2) is 40.7 Å². The largest absolute Gasteiger partial charge is 0.478 e. The average molecular weight is 473 g/mol. The summed E-state index contributed by atoms with van der Waals surface area (Å²) in [6.07, 6.45) is 2.19. The molecule has 4 aromatic rings. The van der Waals surface area contributed by atoms with Crippen LogP contribution in [0.25, 0.3) is 27.7 Å². The van der Waals surface area contributed by atoms with Gasteiger partial charge in [0.1, 0.15) is 11.4 Å². The number of hydrogen-bond donors (Lipinski definition) is 2. The van der Waals surface area contributed by atoms with Crippen LogP contribution >= 0.6 is 0 Å². The number of carboxylic acids is 1. The first-order valence-electron chi connectivity index (χ1n) is 11.4. The molecule has 1 aliphatic rings. The Bertz CT molecular complexity index is 1460. The molecule has 1 atom stereocenters. The maximum atomic E-state index is 13.8. The summed E-state index contributed by atoms with van der Waals surface area (Å²) in [4.78, 5) is 15.9. The summed E-state index contributed by atoms with van der Waals surface area (Å²) in [5.74, 6) is -1.36. The lowest BCUT2D eigenvalue weighted by Gasteiger charge is -2.29. The zero-order valence-corrected chi connectivity index (χ0v) is 19.5. The molecule has 0 aliphatic carbocycles. The molecule has 3 aromatic carbocycles. The normalized spacial score (nSPS) is 14.3. The van der Waals surface area contributed by atoms with E-state index in [1.807, 2.05) is 23.8 Å². The minimum absolute atomic E-state index is 0.0440. The smallest absolute Gasteiger partial charge is 0.335 e. The molecule has 0 saturated carbocycles. The quantitative estimate of drug-likeness (QED) is 0.382. The van der Waals surface area contributed by atoms with Crippen LogP contribution in [0.1, 0.15) is 40.5 Å². The molecule has 1 unspecified atom stereocenters. The monoisotopic (exact) mass is 472 g/mol. The van der Waals surface area contributed by atoms with Crippen molar-refractivity contribution in [3.8, 4) is 16.8 Å². The van der Waals surface area contributed by atoms with Crippen LogP contribution in [0.15, 0.2) is 65.7 Å². The number of aliphatic imine (C=N–C) groups is 1. The third kappa shape index (κ3) is 3.83. The second kappa shape index (κ2) is 8.76. The van der Waals surface area contributed by atoms with Gasteiger partial charge in [-0.15, -0.1) is 0 Å². The van der Waals surface area contributed by atoms with Gasteiger partial charge in [-0.05, 0) is 71.6 Å². The van der Waals surface area contributed by atoms with Gasteiger partial charge in [0.15, 0.2) is 0 Å². The number of ether oxygens (including phenoxy) is 1. The van der Waals surface area contributed by atoms with E-state index >= 15 is 0 Å². The Morgan fingerprint density at radius 2 is 1.86 bits per heavy atom. The molecule has 0 saturated heterocycles. The number of carbonyl (C=O) groups is 1. The second-order valence-electron chi connectivity index (χ2n) is 8.77. The number of rotatable bonds is 7. The minimum atomic E-state index is -1.37. The molecule has 35 heavy (non-hydrogen) atoms. The molecule has 178 valence electrons. The average Bonchev–Trinajstić information content (AvgIpc) is 3.45. The fourth-order valence-electron chi connectivity index (χ4n) is 4.84.